The van der Waals surface area contributed by atoms with Crippen LogP contribution in [-0.2, 0) is 11.9 Å². The molecule has 0 unspecified atom stereocenters. The lowest BCUT2D eigenvalue weighted by molar-refractivity contribution is -0.138. The summed E-state index contributed by atoms with van der Waals surface area (Å²) in [5.41, 5.74) is -0.972. The lowest BCUT2D eigenvalue weighted by Crippen LogP contribution is -2.08. The Labute approximate surface area is 78.0 Å². The highest BCUT2D eigenvalue weighted by molar-refractivity contribution is 7.79. The topological polar surface area (TPSA) is 0 Å². The summed E-state index contributed by atoms with van der Waals surface area (Å²) in [4.78, 5) is 0. The quantitative estimate of drug-likeness (QED) is 0.533. The fourth-order valence-electron chi connectivity index (χ4n) is 0.970. The normalized spacial score (nSPS) is 11.8. The van der Waals surface area contributed by atoms with E-state index in [1.54, 1.807) is 0 Å². The summed E-state index contributed by atoms with van der Waals surface area (Å²) in [6, 6.07) is 2.35. The number of benzene rings is 1. The van der Waals surface area contributed by atoms with Crippen molar-refractivity contribution < 1.29 is 17.6 Å². The molecule has 0 aromatic heterocycles. The van der Waals surface area contributed by atoms with Crippen molar-refractivity contribution in [3.8, 4) is 0 Å². The van der Waals surface area contributed by atoms with Crippen molar-refractivity contribution in [1.82, 2.24) is 0 Å². The summed E-state index contributed by atoms with van der Waals surface area (Å²) in [7, 11) is 0. The van der Waals surface area contributed by atoms with E-state index in [1.165, 1.54) is 0 Å². The molecule has 0 aliphatic heterocycles. The Kier molecular flexibility index (Phi) is 2.85. The fraction of sp³-hybridized carbons (Fsp3) is 0.250. The minimum Gasteiger partial charge on any atom is -0.207 e. The smallest absolute Gasteiger partial charge is 0.207 e. The van der Waals surface area contributed by atoms with Crippen LogP contribution in [0.15, 0.2) is 18.2 Å². The Balaban J connectivity index is 3.22. The molecule has 0 N–H and O–H groups in total. The number of hydrogen-bond acceptors (Lipinski definition) is 1. The molecule has 0 fully saturated rings. The molecule has 72 valence electrons. The Bertz CT molecular complexity index is 306. The summed E-state index contributed by atoms with van der Waals surface area (Å²) in [6.07, 6.45) is -4.44. The van der Waals surface area contributed by atoms with Crippen LogP contribution >= 0.6 is 12.6 Å². The third-order valence-corrected chi connectivity index (χ3v) is 1.88. The number of rotatable bonds is 1. The molecular formula is C8H6F4S. The van der Waals surface area contributed by atoms with Gasteiger partial charge < -0.3 is 0 Å². The van der Waals surface area contributed by atoms with Gasteiger partial charge in [-0.15, -0.1) is 0 Å². The average Bonchev–Trinajstić information content (AvgIpc) is 2.01. The summed E-state index contributed by atoms with van der Waals surface area (Å²) in [5, 5.41) is 0. The maximum atomic E-state index is 12.5. The zero-order valence-electron chi connectivity index (χ0n) is 6.40. The number of thiol groups is 1. The fourth-order valence-corrected chi connectivity index (χ4v) is 1.23. The van der Waals surface area contributed by atoms with Gasteiger partial charge in [0.15, 0.2) is 0 Å². The van der Waals surface area contributed by atoms with Gasteiger partial charge in [-0.25, -0.2) is 4.39 Å². The lowest BCUT2D eigenvalue weighted by atomic mass is 10.1. The molecule has 13 heavy (non-hydrogen) atoms. The molecule has 0 saturated carbocycles. The van der Waals surface area contributed by atoms with Crippen LogP contribution in [0, 0.1) is 5.82 Å². The summed E-state index contributed by atoms with van der Waals surface area (Å²) >= 11 is 3.69. The van der Waals surface area contributed by atoms with E-state index in [2.05, 4.69) is 12.6 Å². The van der Waals surface area contributed by atoms with Crippen molar-refractivity contribution in [3.63, 3.8) is 0 Å². The molecule has 0 amide bonds. The third-order valence-electron chi connectivity index (χ3n) is 1.54. The van der Waals surface area contributed by atoms with E-state index in [9.17, 15) is 17.6 Å². The Morgan fingerprint density at radius 2 is 1.85 bits per heavy atom. The summed E-state index contributed by atoms with van der Waals surface area (Å²) in [5.74, 6) is -0.816. The van der Waals surface area contributed by atoms with Gasteiger partial charge in [-0.1, -0.05) is 0 Å². The molecule has 1 aromatic rings. The molecule has 0 bridgehead atoms. The number of halogens is 4. The van der Waals surface area contributed by atoms with Crippen molar-refractivity contribution in [2.75, 3.05) is 0 Å². The second kappa shape index (κ2) is 3.57. The Morgan fingerprint density at radius 1 is 1.23 bits per heavy atom. The first-order valence-electron chi connectivity index (χ1n) is 3.41. The van der Waals surface area contributed by atoms with E-state index in [4.69, 9.17) is 0 Å². The second-order valence-electron chi connectivity index (χ2n) is 2.46. The minimum absolute atomic E-state index is 0.132. The van der Waals surface area contributed by atoms with E-state index in [0.29, 0.717) is 0 Å². The highest BCUT2D eigenvalue weighted by Gasteiger charge is 2.32. The third kappa shape index (κ3) is 2.37. The van der Waals surface area contributed by atoms with Crippen LogP contribution in [-0.4, -0.2) is 0 Å². The Hall–Kier alpha value is -0.710. The van der Waals surface area contributed by atoms with Crippen molar-refractivity contribution >= 4 is 12.6 Å². The predicted octanol–water partition coefficient (Wildman–Crippen LogP) is 3.27. The molecule has 0 saturated heterocycles. The van der Waals surface area contributed by atoms with Gasteiger partial charge >= 0.3 is 6.18 Å². The number of alkyl halides is 3. The molecule has 0 heterocycles. The van der Waals surface area contributed by atoms with Crippen LogP contribution in [0.2, 0.25) is 0 Å². The summed E-state index contributed by atoms with van der Waals surface area (Å²) < 4.78 is 49.2. The van der Waals surface area contributed by atoms with Crippen LogP contribution in [0.4, 0.5) is 17.6 Å². The first-order chi connectivity index (χ1) is 5.95. The zero-order chi connectivity index (χ0) is 10.1. The van der Waals surface area contributed by atoms with Gasteiger partial charge in [0.2, 0.25) is 0 Å². The highest BCUT2D eigenvalue weighted by atomic mass is 32.1. The van der Waals surface area contributed by atoms with E-state index >= 15 is 0 Å². The van der Waals surface area contributed by atoms with Gasteiger partial charge in [0, 0.05) is 5.75 Å². The summed E-state index contributed by atoms with van der Waals surface area (Å²) in [6.45, 7) is 0. The SMILES string of the molecule is Fc1ccc(C(F)(F)F)c(CS)c1. The lowest BCUT2D eigenvalue weighted by Gasteiger charge is -2.10. The maximum absolute atomic E-state index is 12.5. The second-order valence-corrected chi connectivity index (χ2v) is 2.77. The molecule has 0 nitrogen and oxygen atoms in total. The van der Waals surface area contributed by atoms with Crippen LogP contribution in [0.25, 0.3) is 0 Å². The van der Waals surface area contributed by atoms with E-state index in [-0.39, 0.29) is 11.3 Å². The minimum atomic E-state index is -4.44. The van der Waals surface area contributed by atoms with E-state index < -0.39 is 17.6 Å². The van der Waals surface area contributed by atoms with Crippen molar-refractivity contribution in [3.05, 3.63) is 35.1 Å². The van der Waals surface area contributed by atoms with Crippen molar-refractivity contribution in [2.24, 2.45) is 0 Å². The average molecular weight is 210 g/mol. The molecule has 0 aliphatic rings. The van der Waals surface area contributed by atoms with Gasteiger partial charge in [-0.2, -0.15) is 25.8 Å². The van der Waals surface area contributed by atoms with Crippen LogP contribution in [0.5, 0.6) is 0 Å². The van der Waals surface area contributed by atoms with Crippen LogP contribution in [0.1, 0.15) is 11.1 Å². The van der Waals surface area contributed by atoms with Gasteiger partial charge in [-0.05, 0) is 23.8 Å². The number of hydrogen-bond donors (Lipinski definition) is 1. The van der Waals surface area contributed by atoms with Crippen LogP contribution < -0.4 is 0 Å². The van der Waals surface area contributed by atoms with Crippen molar-refractivity contribution in [1.29, 1.82) is 0 Å². The maximum Gasteiger partial charge on any atom is 0.416 e. The van der Waals surface area contributed by atoms with Gasteiger partial charge in [-0.3, -0.25) is 0 Å². The molecular weight excluding hydrogens is 204 g/mol. The van der Waals surface area contributed by atoms with Crippen molar-refractivity contribution in [2.45, 2.75) is 11.9 Å². The molecule has 1 aromatic carbocycles. The highest BCUT2D eigenvalue weighted by Crippen LogP contribution is 2.32. The first kappa shape index (κ1) is 10.4. The molecule has 0 atom stereocenters. The predicted molar refractivity (Wildman–Crippen MR) is 44.1 cm³/mol. The van der Waals surface area contributed by atoms with Gasteiger partial charge in [0.25, 0.3) is 0 Å². The standard InChI is InChI=1S/C8H6F4S/c9-6-1-2-7(8(10,11)12)5(3-6)4-13/h1-3,13H,4H2. The molecule has 0 aliphatic carbocycles. The molecule has 5 heteroatoms. The monoisotopic (exact) mass is 210 g/mol. The van der Waals surface area contributed by atoms with Crippen LogP contribution in [0.3, 0.4) is 0 Å². The zero-order valence-corrected chi connectivity index (χ0v) is 7.29. The first-order valence-corrected chi connectivity index (χ1v) is 4.05. The molecule has 1 rings (SSSR count). The van der Waals surface area contributed by atoms with E-state index in [1.807, 2.05) is 0 Å². The van der Waals surface area contributed by atoms with Gasteiger partial charge in [0.05, 0.1) is 5.56 Å². The van der Waals surface area contributed by atoms with Gasteiger partial charge in [0.1, 0.15) is 5.82 Å². The largest absolute Gasteiger partial charge is 0.416 e. The molecule has 0 radical (unpaired) electrons. The molecule has 0 spiro atoms. The Morgan fingerprint density at radius 3 is 2.31 bits per heavy atom. The van der Waals surface area contributed by atoms with E-state index in [0.717, 1.165) is 18.2 Å².